The molecule has 1 fully saturated rings. The molecule has 1 amide bonds. The van der Waals surface area contributed by atoms with E-state index in [1.54, 1.807) is 17.1 Å². The molecule has 0 saturated carbocycles. The molecule has 2 aliphatic heterocycles. The lowest BCUT2D eigenvalue weighted by molar-refractivity contribution is -0.128. The smallest absolute Gasteiger partial charge is 0.265 e. The van der Waals surface area contributed by atoms with E-state index >= 15 is 0 Å². The topological polar surface area (TPSA) is 55.8 Å². The second-order valence-electron chi connectivity index (χ2n) is 7.21. The lowest BCUT2D eigenvalue weighted by atomic mass is 9.95. The van der Waals surface area contributed by atoms with Crippen LogP contribution in [0.3, 0.4) is 0 Å². The van der Waals surface area contributed by atoms with Crippen LogP contribution in [0.15, 0.2) is 78.9 Å². The Bertz CT molecular complexity index is 1020. The van der Waals surface area contributed by atoms with Gasteiger partial charge < -0.3 is 10.0 Å². The lowest BCUT2D eigenvalue weighted by Crippen LogP contribution is -2.38. The number of hydrogen-bond acceptors (Lipinski definition) is 4. The van der Waals surface area contributed by atoms with E-state index in [-0.39, 0.29) is 17.7 Å². The average Bonchev–Trinajstić information content (AvgIpc) is 3.01. The predicted octanol–water partition coefficient (Wildman–Crippen LogP) is 4.08. The minimum absolute atomic E-state index is 0.0200. The molecule has 2 heterocycles. The molecule has 0 radical (unpaired) electrons. The summed E-state index contributed by atoms with van der Waals surface area (Å²) in [5, 5.41) is 12.3. The number of carbonyl (C=O) groups is 1. The normalized spacial score (nSPS) is 20.6. The number of amides is 1. The van der Waals surface area contributed by atoms with Gasteiger partial charge in [-0.2, -0.15) is 0 Å². The number of anilines is 2. The molecule has 0 bridgehead atoms. The number of hydrogen-bond donors (Lipinski definition) is 2. The second kappa shape index (κ2) is 6.60. The molecule has 140 valence electrons. The Morgan fingerprint density at radius 1 is 0.893 bits per heavy atom. The number of para-hydroxylation sites is 3. The third-order valence-corrected chi connectivity index (χ3v) is 5.56. The molecule has 0 aromatic heterocycles. The number of phenols is 1. The summed E-state index contributed by atoms with van der Waals surface area (Å²) in [6.07, 6.45) is 1.20. The van der Waals surface area contributed by atoms with Gasteiger partial charge in [-0.3, -0.25) is 10.2 Å². The van der Waals surface area contributed by atoms with Crippen molar-refractivity contribution < 1.29 is 9.90 Å². The van der Waals surface area contributed by atoms with Gasteiger partial charge in [0.1, 0.15) is 11.8 Å². The molecule has 5 nitrogen and oxygen atoms in total. The Hall–Kier alpha value is -3.47. The van der Waals surface area contributed by atoms with Gasteiger partial charge in [-0.25, -0.2) is 5.01 Å². The van der Waals surface area contributed by atoms with Crippen molar-refractivity contribution in [1.82, 2.24) is 5.01 Å². The third-order valence-electron chi connectivity index (χ3n) is 5.56. The van der Waals surface area contributed by atoms with Crippen molar-refractivity contribution in [3.8, 4) is 5.75 Å². The summed E-state index contributed by atoms with van der Waals surface area (Å²) in [6, 6.07) is 24.9. The van der Waals surface area contributed by atoms with Crippen LogP contribution < -0.4 is 10.3 Å². The van der Waals surface area contributed by atoms with E-state index in [2.05, 4.69) is 22.5 Å². The van der Waals surface area contributed by atoms with Gasteiger partial charge in [0.2, 0.25) is 0 Å². The van der Waals surface area contributed by atoms with E-state index in [4.69, 9.17) is 0 Å². The van der Waals surface area contributed by atoms with Crippen molar-refractivity contribution in [3.63, 3.8) is 0 Å². The highest BCUT2D eigenvalue weighted by atomic mass is 16.3. The molecule has 1 saturated heterocycles. The summed E-state index contributed by atoms with van der Waals surface area (Å²) in [5.74, 6) is 0.204. The zero-order valence-electron chi connectivity index (χ0n) is 15.3. The Morgan fingerprint density at radius 2 is 1.61 bits per heavy atom. The Labute approximate surface area is 163 Å². The van der Waals surface area contributed by atoms with Crippen molar-refractivity contribution in [2.75, 3.05) is 10.3 Å². The molecule has 3 aromatic carbocycles. The van der Waals surface area contributed by atoms with Crippen molar-refractivity contribution in [1.29, 1.82) is 0 Å². The minimum Gasteiger partial charge on any atom is -0.508 e. The standard InChI is InChI=1S/C23H21N3O2/c27-21-13-7-5-11-18(21)22-25-19-12-6-4-8-16(19)14-15-20(25)23(28)26(22)24-17-9-2-1-3-10-17/h1-13,20,22,24,27H,14-15H2. The van der Waals surface area contributed by atoms with Crippen LogP contribution in [0.1, 0.15) is 23.7 Å². The first-order chi connectivity index (χ1) is 13.7. The molecule has 2 N–H and O–H groups in total. The van der Waals surface area contributed by atoms with Gasteiger partial charge in [-0.15, -0.1) is 0 Å². The lowest BCUT2D eigenvalue weighted by Gasteiger charge is -2.37. The summed E-state index contributed by atoms with van der Waals surface area (Å²) in [6.45, 7) is 0. The summed E-state index contributed by atoms with van der Waals surface area (Å²) in [5.41, 5.74) is 7.11. The summed E-state index contributed by atoms with van der Waals surface area (Å²) in [4.78, 5) is 15.5. The zero-order valence-corrected chi connectivity index (χ0v) is 15.3. The van der Waals surface area contributed by atoms with Crippen molar-refractivity contribution in [2.24, 2.45) is 0 Å². The van der Waals surface area contributed by atoms with Gasteiger partial charge in [-0.1, -0.05) is 54.6 Å². The number of phenolic OH excluding ortho intramolecular Hbond substituents is 1. The molecule has 0 spiro atoms. The quantitative estimate of drug-likeness (QED) is 0.728. The van der Waals surface area contributed by atoms with E-state index in [0.29, 0.717) is 5.56 Å². The predicted molar refractivity (Wildman–Crippen MR) is 109 cm³/mol. The number of nitrogens with one attached hydrogen (secondary N) is 1. The maximum absolute atomic E-state index is 13.4. The number of fused-ring (bicyclic) bond motifs is 3. The first-order valence-corrected chi connectivity index (χ1v) is 9.53. The van der Waals surface area contributed by atoms with Crippen LogP contribution in [0, 0.1) is 0 Å². The zero-order chi connectivity index (χ0) is 19.1. The SMILES string of the molecule is O=C1C2CCc3ccccc3N2C(c2ccccc2O)N1Nc1ccccc1. The number of nitrogens with zero attached hydrogens (tertiary/aromatic N) is 2. The fraction of sp³-hybridized carbons (Fsp3) is 0.174. The molecule has 3 aromatic rings. The van der Waals surface area contributed by atoms with Crippen LogP contribution in [0.4, 0.5) is 11.4 Å². The highest BCUT2D eigenvalue weighted by Gasteiger charge is 2.49. The fourth-order valence-corrected chi connectivity index (χ4v) is 4.29. The number of benzene rings is 3. The van der Waals surface area contributed by atoms with E-state index in [1.807, 2.05) is 54.6 Å². The van der Waals surface area contributed by atoms with Crippen LogP contribution >= 0.6 is 0 Å². The summed E-state index contributed by atoms with van der Waals surface area (Å²) in [7, 11) is 0. The molecular formula is C23H21N3O2. The number of carbonyl (C=O) groups excluding carboxylic acids is 1. The van der Waals surface area contributed by atoms with E-state index in [0.717, 1.165) is 24.2 Å². The largest absolute Gasteiger partial charge is 0.508 e. The Balaban J connectivity index is 1.65. The average molecular weight is 371 g/mol. The number of aryl methyl sites for hydroxylation is 1. The molecular weight excluding hydrogens is 350 g/mol. The van der Waals surface area contributed by atoms with Crippen LogP contribution in [0.25, 0.3) is 0 Å². The van der Waals surface area contributed by atoms with E-state index in [1.165, 1.54) is 5.56 Å². The summed E-state index contributed by atoms with van der Waals surface area (Å²) >= 11 is 0. The first kappa shape index (κ1) is 16.7. The van der Waals surface area contributed by atoms with Crippen LogP contribution in [-0.2, 0) is 11.2 Å². The highest BCUT2D eigenvalue weighted by molar-refractivity contribution is 5.92. The molecule has 2 unspecified atom stereocenters. The molecule has 0 aliphatic carbocycles. The molecule has 28 heavy (non-hydrogen) atoms. The van der Waals surface area contributed by atoms with E-state index in [9.17, 15) is 9.90 Å². The Morgan fingerprint density at radius 3 is 2.43 bits per heavy atom. The third kappa shape index (κ3) is 2.59. The Kier molecular flexibility index (Phi) is 3.93. The van der Waals surface area contributed by atoms with Gasteiger partial charge in [0.05, 0.1) is 5.69 Å². The van der Waals surface area contributed by atoms with Crippen LogP contribution in [-0.4, -0.2) is 22.1 Å². The maximum Gasteiger partial charge on any atom is 0.265 e. The van der Waals surface area contributed by atoms with Gasteiger partial charge in [0.15, 0.2) is 6.17 Å². The molecule has 5 heteroatoms. The first-order valence-electron chi connectivity index (χ1n) is 9.53. The van der Waals surface area contributed by atoms with Crippen LogP contribution in [0.2, 0.25) is 0 Å². The highest BCUT2D eigenvalue weighted by Crippen LogP contribution is 2.46. The minimum atomic E-state index is -0.430. The van der Waals surface area contributed by atoms with Crippen molar-refractivity contribution >= 4 is 17.3 Å². The maximum atomic E-state index is 13.4. The number of aromatic hydroxyl groups is 1. The van der Waals surface area contributed by atoms with Crippen LogP contribution in [0.5, 0.6) is 5.75 Å². The summed E-state index contributed by atoms with van der Waals surface area (Å²) < 4.78 is 0. The van der Waals surface area contributed by atoms with E-state index < -0.39 is 6.17 Å². The van der Waals surface area contributed by atoms with Crippen molar-refractivity contribution in [2.45, 2.75) is 25.0 Å². The second-order valence-corrected chi connectivity index (χ2v) is 7.21. The number of rotatable bonds is 3. The molecule has 2 atom stereocenters. The molecule has 2 aliphatic rings. The van der Waals surface area contributed by atoms with Gasteiger partial charge in [-0.05, 0) is 42.7 Å². The van der Waals surface area contributed by atoms with Gasteiger partial charge >= 0.3 is 0 Å². The monoisotopic (exact) mass is 371 g/mol. The van der Waals surface area contributed by atoms with Gasteiger partial charge in [0, 0.05) is 11.3 Å². The fourth-order valence-electron chi connectivity index (χ4n) is 4.29. The number of hydrazine groups is 1. The van der Waals surface area contributed by atoms with Crippen molar-refractivity contribution in [3.05, 3.63) is 90.0 Å². The molecule has 5 rings (SSSR count). The van der Waals surface area contributed by atoms with Gasteiger partial charge in [0.25, 0.3) is 5.91 Å².